The zero-order chi connectivity index (χ0) is 12.4. The minimum Gasteiger partial charge on any atom is -1.00 e. The maximum atomic E-state index is 3.44. The van der Waals surface area contributed by atoms with Crippen LogP contribution < -0.4 is 43.1 Å². The van der Waals surface area contributed by atoms with Gasteiger partial charge < -0.3 is 34.0 Å². The van der Waals surface area contributed by atoms with E-state index in [1.807, 2.05) is 30.9 Å². The van der Waals surface area contributed by atoms with Crippen molar-refractivity contribution in [3.05, 3.63) is 66.2 Å². The molecule has 0 fully saturated rings. The maximum absolute atomic E-state index is 3.44. The Hall–Kier alpha value is -0.920. The number of hydrogen-bond acceptors (Lipinski definition) is 0. The van der Waals surface area contributed by atoms with Gasteiger partial charge in [0.2, 0.25) is 13.0 Å². The first-order valence-corrected chi connectivity index (χ1v) is 6.45. The lowest BCUT2D eigenvalue weighted by molar-refractivity contribution is -0.912. The van der Waals surface area contributed by atoms with Gasteiger partial charge in [-0.25, -0.2) is 4.57 Å². The molecule has 7 heteroatoms. The molecule has 1 N–H and O–H groups in total. The van der Waals surface area contributed by atoms with Crippen LogP contribution in [0.3, 0.4) is 0 Å². The third-order valence-electron chi connectivity index (χ3n) is 2.75. The molecule has 0 aliphatic rings. The number of imidazole rings is 2. The molecule has 0 radical (unpaired) electrons. The third-order valence-corrected chi connectivity index (χ3v) is 3.27. The maximum Gasteiger partial charge on any atom is 0.252 e. The van der Waals surface area contributed by atoms with Crippen molar-refractivity contribution in [1.29, 1.82) is 0 Å². The second kappa shape index (κ2) is 7.75. The van der Waals surface area contributed by atoms with Crippen molar-refractivity contribution in [2.24, 2.45) is 0 Å². The second-order valence-electron chi connectivity index (χ2n) is 4.08. The molecule has 3 rings (SSSR count). The summed E-state index contributed by atoms with van der Waals surface area (Å²) in [6.45, 7) is 0.799. The Labute approximate surface area is 146 Å². The van der Waals surface area contributed by atoms with E-state index >= 15 is 0 Å². The van der Waals surface area contributed by atoms with Crippen molar-refractivity contribution in [2.45, 2.75) is 6.67 Å². The number of aromatic nitrogens is 4. The van der Waals surface area contributed by atoms with Crippen molar-refractivity contribution >= 4 is 15.9 Å². The standard InChI is InChI=1S/C13H12BrN4.2BrH/c14-12-1-3-13(4-2-12)18-8-7-17(11-18)10-16-6-5-15-9-16;;/h1-9,11H,10H2;2*1H/q+1;;/p-1. The molecule has 0 saturated carbocycles. The molecule has 0 bridgehead atoms. The molecule has 4 nitrogen and oxygen atoms in total. The smallest absolute Gasteiger partial charge is 0.252 e. The Balaban J connectivity index is 0.000001000. The molecule has 0 aliphatic carbocycles. The van der Waals surface area contributed by atoms with Crippen LogP contribution in [0.2, 0.25) is 0 Å². The van der Waals surface area contributed by atoms with Crippen LogP contribution in [0.4, 0.5) is 0 Å². The van der Waals surface area contributed by atoms with Gasteiger partial charge >= 0.3 is 0 Å². The average Bonchev–Trinajstić information content (AvgIpc) is 3.02. The largest absolute Gasteiger partial charge is 1.00 e. The van der Waals surface area contributed by atoms with Gasteiger partial charge in [-0.15, -0.1) is 0 Å². The summed E-state index contributed by atoms with van der Waals surface area (Å²) >= 11 is 3.44. The zero-order valence-corrected chi connectivity index (χ0v) is 15.2. The molecule has 0 atom stereocenters. The Morgan fingerprint density at radius 2 is 1.80 bits per heavy atom. The van der Waals surface area contributed by atoms with Gasteiger partial charge in [0, 0.05) is 4.47 Å². The van der Waals surface area contributed by atoms with Gasteiger partial charge in [0.15, 0.2) is 0 Å². The van der Waals surface area contributed by atoms with E-state index in [1.54, 1.807) is 0 Å². The fraction of sp³-hybridized carbons (Fsp3) is 0.0769. The summed E-state index contributed by atoms with van der Waals surface area (Å²) < 4.78 is 7.38. The molecule has 106 valence electrons. The highest BCUT2D eigenvalue weighted by Gasteiger charge is 2.08. The summed E-state index contributed by atoms with van der Waals surface area (Å²) in [7, 11) is 0. The van der Waals surface area contributed by atoms with Gasteiger partial charge in [-0.3, -0.25) is 4.98 Å². The van der Waals surface area contributed by atoms with Gasteiger partial charge in [-0.2, -0.15) is 9.13 Å². The number of H-pyrrole nitrogens is 1. The summed E-state index contributed by atoms with van der Waals surface area (Å²) in [5.41, 5.74) is 1.15. The summed E-state index contributed by atoms with van der Waals surface area (Å²) in [4.78, 5) is 3.03. The predicted octanol–water partition coefficient (Wildman–Crippen LogP) is -4.34. The fourth-order valence-electron chi connectivity index (χ4n) is 1.84. The molecule has 0 unspecified atom stereocenters. The van der Waals surface area contributed by atoms with Crippen molar-refractivity contribution in [2.75, 3.05) is 0 Å². The van der Waals surface area contributed by atoms with Crippen molar-refractivity contribution < 1.29 is 43.1 Å². The van der Waals surface area contributed by atoms with Crippen LogP contribution in [0.25, 0.3) is 5.69 Å². The quantitative estimate of drug-likeness (QED) is 0.380. The van der Waals surface area contributed by atoms with Crippen LogP contribution in [0, 0.1) is 0 Å². The second-order valence-corrected chi connectivity index (χ2v) is 4.99. The topological polar surface area (TPSA) is 28.5 Å². The van der Waals surface area contributed by atoms with E-state index < -0.39 is 0 Å². The molecular formula is C13H13Br3N4. The highest BCUT2D eigenvalue weighted by Crippen LogP contribution is 2.13. The molecular weight excluding hydrogens is 452 g/mol. The highest BCUT2D eigenvalue weighted by molar-refractivity contribution is 9.10. The first kappa shape index (κ1) is 17.1. The van der Waals surface area contributed by atoms with Gasteiger partial charge in [0.25, 0.3) is 6.33 Å². The molecule has 0 amide bonds. The molecule has 20 heavy (non-hydrogen) atoms. The van der Waals surface area contributed by atoms with E-state index in [4.69, 9.17) is 0 Å². The molecule has 2 aromatic heterocycles. The SMILES string of the molecule is Brc1ccc(-n2cc[n+](C[n+]3cc[nH]c3)c2)cc1.[Br-].[Br-]. The summed E-state index contributed by atoms with van der Waals surface area (Å²) in [5, 5.41) is 0. The van der Waals surface area contributed by atoms with Crippen molar-refractivity contribution in [3.63, 3.8) is 0 Å². The van der Waals surface area contributed by atoms with Gasteiger partial charge in [0.1, 0.15) is 30.5 Å². The van der Waals surface area contributed by atoms with Gasteiger partial charge in [-0.1, -0.05) is 15.9 Å². The number of aromatic amines is 1. The van der Waals surface area contributed by atoms with Crippen LogP contribution in [0.5, 0.6) is 0 Å². The molecule has 0 aliphatic heterocycles. The number of rotatable bonds is 3. The lowest BCUT2D eigenvalue weighted by Gasteiger charge is -1.95. The lowest BCUT2D eigenvalue weighted by Crippen LogP contribution is -3.00. The number of benzene rings is 1. The first-order chi connectivity index (χ1) is 8.81. The monoisotopic (exact) mass is 462 g/mol. The Morgan fingerprint density at radius 3 is 2.45 bits per heavy atom. The normalized spacial score (nSPS) is 9.65. The average molecular weight is 465 g/mol. The van der Waals surface area contributed by atoms with Crippen LogP contribution in [-0.4, -0.2) is 9.55 Å². The van der Waals surface area contributed by atoms with Crippen molar-refractivity contribution in [1.82, 2.24) is 9.55 Å². The minimum atomic E-state index is 0. The lowest BCUT2D eigenvalue weighted by atomic mass is 10.3. The summed E-state index contributed by atoms with van der Waals surface area (Å²) in [6, 6.07) is 8.25. The zero-order valence-electron chi connectivity index (χ0n) is 10.5. The highest BCUT2D eigenvalue weighted by atomic mass is 79.9. The number of hydrogen-bond donors (Lipinski definition) is 1. The van der Waals surface area contributed by atoms with E-state index in [0.29, 0.717) is 0 Å². The Kier molecular flexibility index (Phi) is 6.64. The van der Waals surface area contributed by atoms with Gasteiger partial charge in [-0.05, 0) is 24.3 Å². The minimum absolute atomic E-state index is 0. The van der Waals surface area contributed by atoms with Crippen LogP contribution in [-0.2, 0) is 6.67 Å². The van der Waals surface area contributed by atoms with Crippen LogP contribution in [0.15, 0.2) is 66.2 Å². The number of nitrogens with one attached hydrogen (secondary N) is 1. The van der Waals surface area contributed by atoms with E-state index in [2.05, 4.69) is 65.5 Å². The number of nitrogens with zero attached hydrogens (tertiary/aromatic N) is 3. The van der Waals surface area contributed by atoms with E-state index in [-0.39, 0.29) is 34.0 Å². The first-order valence-electron chi connectivity index (χ1n) is 5.66. The van der Waals surface area contributed by atoms with Crippen LogP contribution in [0.1, 0.15) is 0 Å². The van der Waals surface area contributed by atoms with E-state index in [1.165, 1.54) is 0 Å². The van der Waals surface area contributed by atoms with Crippen molar-refractivity contribution in [3.8, 4) is 5.69 Å². The predicted molar refractivity (Wildman–Crippen MR) is 70.0 cm³/mol. The van der Waals surface area contributed by atoms with E-state index in [0.717, 1.165) is 16.8 Å². The summed E-state index contributed by atoms with van der Waals surface area (Å²) in [6.07, 6.45) is 12.0. The molecule has 2 heterocycles. The third kappa shape index (κ3) is 4.04. The van der Waals surface area contributed by atoms with Gasteiger partial charge in [0.05, 0.1) is 0 Å². The molecule has 0 saturated heterocycles. The number of halogens is 3. The van der Waals surface area contributed by atoms with E-state index in [9.17, 15) is 0 Å². The van der Waals surface area contributed by atoms with Crippen LogP contribution >= 0.6 is 15.9 Å². The fourth-order valence-corrected chi connectivity index (χ4v) is 2.11. The Bertz CT molecular complexity index is 632. The molecule has 3 aromatic rings. The molecule has 1 aromatic carbocycles. The Morgan fingerprint density at radius 1 is 1.05 bits per heavy atom. The summed E-state index contributed by atoms with van der Waals surface area (Å²) in [5.74, 6) is 0. The molecule has 0 spiro atoms.